The number of aliphatic carboxylic acids is 1. The summed E-state index contributed by atoms with van der Waals surface area (Å²) in [6, 6.07) is 7.36. The summed E-state index contributed by atoms with van der Waals surface area (Å²) in [4.78, 5) is 14.8. The molecule has 78 valence electrons. The lowest BCUT2D eigenvalue weighted by Gasteiger charge is -2.07. The third-order valence-corrected chi connectivity index (χ3v) is 3.53. The largest absolute Gasteiger partial charge is 0.477 e. The van der Waals surface area contributed by atoms with E-state index >= 15 is 0 Å². The highest BCUT2D eigenvalue weighted by Crippen LogP contribution is 2.38. The van der Waals surface area contributed by atoms with Crippen molar-refractivity contribution < 1.29 is 9.90 Å². The van der Waals surface area contributed by atoms with E-state index in [1.165, 1.54) is 11.8 Å². The Kier molecular flexibility index (Phi) is 2.98. The second-order valence-corrected chi connectivity index (χ2v) is 4.54. The first kappa shape index (κ1) is 10.5. The van der Waals surface area contributed by atoms with Crippen LogP contribution in [0, 0.1) is 0 Å². The molecule has 1 aliphatic rings. The minimum Gasteiger partial charge on any atom is -0.477 e. The molecule has 0 saturated heterocycles. The van der Waals surface area contributed by atoms with Gasteiger partial charge in [0.25, 0.3) is 0 Å². The maximum atomic E-state index is 10.7. The predicted molar refractivity (Wildman–Crippen MR) is 61.7 cm³/mol. The minimum atomic E-state index is -0.947. The van der Waals surface area contributed by atoms with Crippen molar-refractivity contribution >= 4 is 35.0 Å². The van der Waals surface area contributed by atoms with E-state index in [2.05, 4.69) is 4.99 Å². The molecule has 1 aromatic rings. The zero-order valence-corrected chi connectivity index (χ0v) is 9.26. The Hall–Kier alpha value is -1.000. The van der Waals surface area contributed by atoms with Gasteiger partial charge in [-0.15, -0.1) is 11.8 Å². The van der Waals surface area contributed by atoms with Crippen molar-refractivity contribution in [3.63, 3.8) is 0 Å². The van der Waals surface area contributed by atoms with Crippen LogP contribution < -0.4 is 0 Å². The number of benzene rings is 1. The highest BCUT2D eigenvalue weighted by molar-refractivity contribution is 8.00. The van der Waals surface area contributed by atoms with Gasteiger partial charge in [0.15, 0.2) is 0 Å². The summed E-state index contributed by atoms with van der Waals surface area (Å²) in [6.45, 7) is 0. The Bertz CT molecular complexity index is 433. The Labute approximate surface area is 96.2 Å². The molecule has 0 bridgehead atoms. The van der Waals surface area contributed by atoms with Crippen LogP contribution in [0.3, 0.4) is 0 Å². The average molecular weight is 242 g/mol. The van der Waals surface area contributed by atoms with Crippen LogP contribution in [0.1, 0.15) is 10.9 Å². The van der Waals surface area contributed by atoms with Gasteiger partial charge in [-0.05, 0) is 6.07 Å². The van der Waals surface area contributed by atoms with Crippen molar-refractivity contribution in [3.8, 4) is 0 Å². The number of aliphatic imine (C=N–C) groups is 1. The second kappa shape index (κ2) is 4.24. The maximum absolute atomic E-state index is 10.7. The van der Waals surface area contributed by atoms with Crippen LogP contribution in [0.25, 0.3) is 0 Å². The number of nitrogens with zero attached hydrogens (tertiary/aromatic N) is 1. The van der Waals surface area contributed by atoms with Crippen LogP contribution in [0.15, 0.2) is 29.3 Å². The third-order valence-electron chi connectivity index (χ3n) is 2.07. The van der Waals surface area contributed by atoms with Gasteiger partial charge in [-0.1, -0.05) is 29.8 Å². The fraction of sp³-hybridized carbons (Fsp3) is 0.200. The number of carbonyl (C=O) groups is 1. The standard InChI is InChI=1S/C10H8ClNO2S/c11-7-4-2-1-3-6(7)9-12-8(5-15-9)10(13)14/h1-4,9H,5H2,(H,13,14). The number of rotatable bonds is 2. The summed E-state index contributed by atoms with van der Waals surface area (Å²) in [5.41, 5.74) is 1.09. The Morgan fingerprint density at radius 3 is 2.87 bits per heavy atom. The van der Waals surface area contributed by atoms with Crippen molar-refractivity contribution in [3.05, 3.63) is 34.9 Å². The van der Waals surface area contributed by atoms with E-state index in [1.54, 1.807) is 6.07 Å². The number of hydrogen-bond acceptors (Lipinski definition) is 3. The molecule has 2 rings (SSSR count). The normalized spacial score (nSPS) is 20.1. The molecule has 0 fully saturated rings. The molecule has 0 aromatic heterocycles. The van der Waals surface area contributed by atoms with Crippen molar-refractivity contribution in [2.24, 2.45) is 4.99 Å². The van der Waals surface area contributed by atoms with Gasteiger partial charge in [0.05, 0.1) is 0 Å². The first-order valence-electron chi connectivity index (χ1n) is 4.34. The molecule has 5 heteroatoms. The van der Waals surface area contributed by atoms with Gasteiger partial charge in [-0.25, -0.2) is 4.79 Å². The van der Waals surface area contributed by atoms with Gasteiger partial charge >= 0.3 is 5.97 Å². The summed E-state index contributed by atoms with van der Waals surface area (Å²) in [7, 11) is 0. The lowest BCUT2D eigenvalue weighted by Crippen LogP contribution is -2.11. The van der Waals surface area contributed by atoms with Gasteiger partial charge in [0, 0.05) is 16.3 Å². The van der Waals surface area contributed by atoms with Crippen LogP contribution in [-0.4, -0.2) is 22.5 Å². The smallest absolute Gasteiger partial charge is 0.350 e. The maximum Gasteiger partial charge on any atom is 0.350 e. The van der Waals surface area contributed by atoms with Crippen LogP contribution in [0.4, 0.5) is 0 Å². The van der Waals surface area contributed by atoms with E-state index in [4.69, 9.17) is 16.7 Å². The lowest BCUT2D eigenvalue weighted by atomic mass is 10.2. The molecule has 1 N–H and O–H groups in total. The molecule has 0 aliphatic carbocycles. The molecule has 0 amide bonds. The van der Waals surface area contributed by atoms with E-state index < -0.39 is 5.97 Å². The average Bonchev–Trinajstić information content (AvgIpc) is 2.67. The SMILES string of the molecule is O=C(O)C1=NC(c2ccccc2Cl)SC1. The van der Waals surface area contributed by atoms with Crippen LogP contribution in [0.5, 0.6) is 0 Å². The summed E-state index contributed by atoms with van der Waals surface area (Å²) >= 11 is 7.48. The number of hydrogen-bond donors (Lipinski definition) is 1. The monoisotopic (exact) mass is 241 g/mol. The van der Waals surface area contributed by atoms with E-state index in [0.29, 0.717) is 10.8 Å². The van der Waals surface area contributed by atoms with E-state index in [-0.39, 0.29) is 11.1 Å². The van der Waals surface area contributed by atoms with Gasteiger partial charge in [0.2, 0.25) is 0 Å². The molecule has 1 unspecified atom stereocenters. The number of halogens is 1. The lowest BCUT2D eigenvalue weighted by molar-refractivity contribution is -0.129. The fourth-order valence-electron chi connectivity index (χ4n) is 1.33. The number of thioether (sulfide) groups is 1. The highest BCUT2D eigenvalue weighted by Gasteiger charge is 2.24. The quantitative estimate of drug-likeness (QED) is 0.866. The van der Waals surface area contributed by atoms with Crippen LogP contribution in [0.2, 0.25) is 5.02 Å². The van der Waals surface area contributed by atoms with E-state index in [9.17, 15) is 4.79 Å². The first-order valence-corrected chi connectivity index (χ1v) is 5.77. The van der Waals surface area contributed by atoms with Crippen LogP contribution in [-0.2, 0) is 4.79 Å². The highest BCUT2D eigenvalue weighted by atomic mass is 35.5. The first-order chi connectivity index (χ1) is 7.18. The van der Waals surface area contributed by atoms with Crippen molar-refractivity contribution in [2.75, 3.05) is 5.75 Å². The Morgan fingerprint density at radius 1 is 1.53 bits per heavy atom. The predicted octanol–water partition coefficient (Wildman–Crippen LogP) is 2.61. The third kappa shape index (κ3) is 2.16. The van der Waals surface area contributed by atoms with Crippen molar-refractivity contribution in [1.29, 1.82) is 0 Å². The van der Waals surface area contributed by atoms with Gasteiger partial charge in [-0.2, -0.15) is 0 Å². The molecule has 15 heavy (non-hydrogen) atoms. The van der Waals surface area contributed by atoms with Crippen molar-refractivity contribution in [2.45, 2.75) is 5.37 Å². The Morgan fingerprint density at radius 2 is 2.27 bits per heavy atom. The molecular formula is C10H8ClNO2S. The molecule has 1 aliphatic heterocycles. The summed E-state index contributed by atoms with van der Waals surface area (Å²) in [5, 5.41) is 9.22. The molecule has 0 radical (unpaired) electrons. The molecule has 0 spiro atoms. The number of carboxylic acid groups (broad SMARTS) is 1. The zero-order chi connectivity index (χ0) is 10.8. The minimum absolute atomic E-state index is 0.176. The summed E-state index contributed by atoms with van der Waals surface area (Å²) < 4.78 is 0. The zero-order valence-electron chi connectivity index (χ0n) is 7.68. The molecule has 1 heterocycles. The van der Waals surface area contributed by atoms with Crippen LogP contribution >= 0.6 is 23.4 Å². The van der Waals surface area contributed by atoms with Gasteiger partial charge in [0.1, 0.15) is 11.1 Å². The summed E-state index contributed by atoms with van der Waals surface area (Å²) in [6.07, 6.45) is 0. The molecule has 3 nitrogen and oxygen atoms in total. The van der Waals surface area contributed by atoms with Gasteiger partial charge < -0.3 is 5.11 Å². The second-order valence-electron chi connectivity index (χ2n) is 3.07. The fourth-order valence-corrected chi connectivity index (χ4v) is 2.73. The summed E-state index contributed by atoms with van der Waals surface area (Å²) in [5.74, 6) is -0.511. The molecule has 1 atom stereocenters. The Balaban J connectivity index is 2.28. The van der Waals surface area contributed by atoms with Gasteiger partial charge in [-0.3, -0.25) is 4.99 Å². The molecule has 0 saturated carbocycles. The number of carboxylic acids is 1. The van der Waals surface area contributed by atoms with E-state index in [1.807, 2.05) is 18.2 Å². The molecule has 1 aromatic carbocycles. The van der Waals surface area contributed by atoms with Crippen molar-refractivity contribution in [1.82, 2.24) is 0 Å². The topological polar surface area (TPSA) is 49.7 Å². The molecular weight excluding hydrogens is 234 g/mol. The van der Waals surface area contributed by atoms with E-state index in [0.717, 1.165) is 5.56 Å².